The summed E-state index contributed by atoms with van der Waals surface area (Å²) >= 11 is 0. The Morgan fingerprint density at radius 1 is 0.703 bits per heavy atom. The van der Waals surface area contributed by atoms with E-state index < -0.39 is 73.4 Å². The van der Waals surface area contributed by atoms with E-state index in [9.17, 15) is 41.1 Å². The monoisotopic (exact) mass is 1050 g/mol. The standard InChI is InChI=1S/C52H58FN11O8S2/c1-51(2,3)43(49(67)54-7)58-47(65)41-37-30-61(73(70)39-22-13-11-20-35(39)53)24-26-63(37)46(57-41)34-19-15-16-32(28-34)29-55-50(68)44(52(4,5)6)59-48(66)42-38-31-62(74(71,72)40-23-14-12-21-36(40)60-69)25-27-64(38)45(56-42)33-17-9-8-10-18-33/h8-23,28,43-44H,24-27,29-31H2,1-7H3,(H,54,67)(H,55,68)(H,58,65)(H,59,66)/t43-,44-,73?/m1/s1. The molecule has 4 heterocycles. The van der Waals surface area contributed by atoms with Crippen molar-refractivity contribution in [3.63, 3.8) is 0 Å². The third-order valence-corrected chi connectivity index (χ3v) is 16.3. The fraction of sp³-hybridized carbons (Fsp3) is 0.346. The molecule has 1 unspecified atom stereocenters. The molecule has 4 N–H and O–H groups in total. The average Bonchev–Trinajstić information content (AvgIpc) is 3.97. The van der Waals surface area contributed by atoms with Crippen LogP contribution in [0.3, 0.4) is 0 Å². The molecule has 0 fully saturated rings. The van der Waals surface area contributed by atoms with Crippen molar-refractivity contribution in [3.8, 4) is 22.8 Å². The molecule has 22 heteroatoms. The molecular formula is C52H58FN11O8S2. The number of carbonyl (C=O) groups excluding carboxylic acids is 4. The van der Waals surface area contributed by atoms with Crippen molar-refractivity contribution in [1.82, 2.24) is 49.0 Å². The number of nitrogens with one attached hydrogen (secondary N) is 4. The van der Waals surface area contributed by atoms with E-state index in [-0.39, 0.29) is 72.7 Å². The van der Waals surface area contributed by atoms with Gasteiger partial charge in [-0.2, -0.15) is 4.31 Å². The molecule has 0 saturated carbocycles. The zero-order valence-corrected chi connectivity index (χ0v) is 43.6. The Kier molecular flexibility index (Phi) is 15.3. The highest BCUT2D eigenvalue weighted by Gasteiger charge is 2.40. The Labute approximate surface area is 431 Å². The third-order valence-electron chi connectivity index (χ3n) is 13.0. The summed E-state index contributed by atoms with van der Waals surface area (Å²) in [5.41, 5.74) is 0.785. The number of hydrogen-bond donors (Lipinski definition) is 4. The first-order valence-electron chi connectivity index (χ1n) is 23.9. The van der Waals surface area contributed by atoms with Gasteiger partial charge in [-0.15, -0.1) is 4.91 Å². The van der Waals surface area contributed by atoms with Gasteiger partial charge in [-0.3, -0.25) is 19.2 Å². The zero-order valence-electron chi connectivity index (χ0n) is 42.0. The molecule has 0 bridgehead atoms. The maximum Gasteiger partial charge on any atom is 0.272 e. The molecule has 4 aromatic carbocycles. The minimum atomic E-state index is -4.26. The fourth-order valence-corrected chi connectivity index (χ4v) is 11.8. The second kappa shape index (κ2) is 21.3. The summed E-state index contributed by atoms with van der Waals surface area (Å²) in [5.74, 6) is -2.04. The Balaban J connectivity index is 1.05. The van der Waals surface area contributed by atoms with Gasteiger partial charge in [-0.25, -0.2) is 31.3 Å². The number of carbonyl (C=O) groups is 4. The minimum Gasteiger partial charge on any atom is -0.357 e. The van der Waals surface area contributed by atoms with Gasteiger partial charge in [0.05, 0.1) is 29.4 Å². The van der Waals surface area contributed by atoms with Gasteiger partial charge < -0.3 is 30.4 Å². The summed E-state index contributed by atoms with van der Waals surface area (Å²) in [7, 11) is -4.70. The summed E-state index contributed by atoms with van der Waals surface area (Å²) in [6.07, 6.45) is 0. The number of nitroso groups, excluding NO2 is 1. The molecule has 2 aromatic heterocycles. The largest absolute Gasteiger partial charge is 0.357 e. The summed E-state index contributed by atoms with van der Waals surface area (Å²) < 4.78 is 63.0. The van der Waals surface area contributed by atoms with Crippen molar-refractivity contribution in [2.24, 2.45) is 16.0 Å². The van der Waals surface area contributed by atoms with Crippen molar-refractivity contribution in [3.05, 3.63) is 142 Å². The highest BCUT2D eigenvalue weighted by atomic mass is 32.2. The van der Waals surface area contributed by atoms with Gasteiger partial charge in [-0.1, -0.05) is 114 Å². The number of rotatable bonds is 15. The van der Waals surface area contributed by atoms with Gasteiger partial charge in [-0.05, 0) is 51.9 Å². The highest BCUT2D eigenvalue weighted by Crippen LogP contribution is 2.34. The van der Waals surface area contributed by atoms with Gasteiger partial charge in [0, 0.05) is 50.9 Å². The molecule has 6 aromatic rings. The Bertz CT molecular complexity index is 3290. The summed E-state index contributed by atoms with van der Waals surface area (Å²) in [6, 6.07) is 25.7. The van der Waals surface area contributed by atoms with Crippen molar-refractivity contribution in [2.75, 3.05) is 20.1 Å². The molecule has 0 radical (unpaired) electrons. The molecule has 4 amide bonds. The summed E-state index contributed by atoms with van der Waals surface area (Å²) in [4.78, 5) is 77.0. The lowest BCUT2D eigenvalue weighted by Gasteiger charge is -2.31. The lowest BCUT2D eigenvalue weighted by atomic mass is 9.86. The van der Waals surface area contributed by atoms with Crippen LogP contribution in [0.1, 0.15) is 79.5 Å². The molecule has 19 nitrogen and oxygen atoms in total. The van der Waals surface area contributed by atoms with Crippen LogP contribution >= 0.6 is 0 Å². The van der Waals surface area contributed by atoms with E-state index in [1.807, 2.05) is 55.7 Å². The van der Waals surface area contributed by atoms with Crippen LogP contribution in [0.5, 0.6) is 0 Å². The van der Waals surface area contributed by atoms with Crippen LogP contribution in [0, 0.1) is 21.6 Å². The maximum absolute atomic E-state index is 14.9. The minimum absolute atomic E-state index is 0.000540. The highest BCUT2D eigenvalue weighted by molar-refractivity contribution is 7.89. The molecule has 0 aliphatic carbocycles. The topological polar surface area (TPSA) is 239 Å². The lowest BCUT2D eigenvalue weighted by molar-refractivity contribution is -0.126. The number of aromatic nitrogens is 4. The number of likely N-dealkylation sites (N-methyl/N-ethyl adjacent to an activating group) is 1. The van der Waals surface area contributed by atoms with Crippen LogP contribution in [-0.2, 0) is 63.3 Å². The maximum atomic E-state index is 14.9. The normalized spacial score (nSPS) is 15.5. The van der Waals surface area contributed by atoms with Crippen LogP contribution in [-0.4, -0.2) is 96.2 Å². The van der Waals surface area contributed by atoms with Gasteiger partial charge in [0.15, 0.2) is 11.4 Å². The third kappa shape index (κ3) is 10.8. The van der Waals surface area contributed by atoms with E-state index in [1.54, 1.807) is 60.0 Å². The quantitative estimate of drug-likeness (QED) is 0.0869. The number of benzene rings is 4. The number of sulfonamides is 1. The predicted molar refractivity (Wildman–Crippen MR) is 275 cm³/mol. The average molecular weight is 1050 g/mol. The number of halogens is 1. The van der Waals surface area contributed by atoms with Crippen molar-refractivity contribution >= 4 is 50.3 Å². The SMILES string of the molecule is CNC(=O)[C@@H](NC(=O)c1nc(-c2cccc(CNC(=O)[C@@H](NC(=O)c3nc(-c4ccccc4)n4c3CN(S(=O)(=O)c3ccccc3N=O)CC4)C(C)(C)C)c2)n2c1CN(S(=O)c1ccccc1F)CC2)C(C)(C)C. The number of imidazole rings is 2. The summed E-state index contributed by atoms with van der Waals surface area (Å²) in [5, 5.41) is 14.3. The molecular weight excluding hydrogens is 990 g/mol. The Morgan fingerprint density at radius 3 is 1.88 bits per heavy atom. The van der Waals surface area contributed by atoms with E-state index in [2.05, 4.69) is 26.4 Å². The molecule has 388 valence electrons. The van der Waals surface area contributed by atoms with E-state index in [1.165, 1.54) is 53.8 Å². The molecule has 8 rings (SSSR count). The fourth-order valence-electron chi connectivity index (χ4n) is 9.05. The van der Waals surface area contributed by atoms with Crippen LogP contribution < -0.4 is 21.3 Å². The lowest BCUT2D eigenvalue weighted by Crippen LogP contribution is -2.53. The van der Waals surface area contributed by atoms with Gasteiger partial charge in [0.2, 0.25) is 21.8 Å². The van der Waals surface area contributed by atoms with Crippen LogP contribution in [0.25, 0.3) is 22.8 Å². The Hall–Kier alpha value is -7.27. The Morgan fingerprint density at radius 2 is 1.26 bits per heavy atom. The number of fused-ring (bicyclic) bond motifs is 2. The molecule has 0 saturated heterocycles. The van der Waals surface area contributed by atoms with Gasteiger partial charge in [0.25, 0.3) is 11.8 Å². The summed E-state index contributed by atoms with van der Waals surface area (Å²) in [6.45, 7) is 11.2. The van der Waals surface area contributed by atoms with Crippen molar-refractivity contribution in [1.29, 1.82) is 0 Å². The zero-order chi connectivity index (χ0) is 53.3. The van der Waals surface area contributed by atoms with E-state index in [0.717, 1.165) is 0 Å². The van der Waals surface area contributed by atoms with Gasteiger partial charge >= 0.3 is 0 Å². The van der Waals surface area contributed by atoms with Crippen molar-refractivity contribution < 1.29 is 36.2 Å². The molecule has 0 spiro atoms. The second-order valence-corrected chi connectivity index (χ2v) is 23.5. The molecule has 3 atom stereocenters. The first kappa shape index (κ1) is 53.0. The molecule has 74 heavy (non-hydrogen) atoms. The number of amides is 4. The van der Waals surface area contributed by atoms with Crippen molar-refractivity contribution in [2.45, 2.75) is 96.1 Å². The number of hydrogen-bond acceptors (Lipinski definition) is 11. The smallest absolute Gasteiger partial charge is 0.272 e. The van der Waals surface area contributed by atoms with Crippen LogP contribution in [0.4, 0.5) is 10.1 Å². The van der Waals surface area contributed by atoms with E-state index >= 15 is 0 Å². The van der Waals surface area contributed by atoms with Crippen LogP contribution in [0.15, 0.2) is 118 Å². The van der Waals surface area contributed by atoms with Crippen LogP contribution in [0.2, 0.25) is 0 Å². The number of nitrogens with zero attached hydrogens (tertiary/aromatic N) is 7. The first-order valence-corrected chi connectivity index (χ1v) is 26.5. The van der Waals surface area contributed by atoms with Gasteiger partial charge in [0.1, 0.15) is 51.1 Å². The molecule has 2 aliphatic rings. The van der Waals surface area contributed by atoms with E-state index in [0.29, 0.717) is 39.7 Å². The second-order valence-electron chi connectivity index (χ2n) is 20.1. The first-order chi connectivity index (χ1) is 35.1. The predicted octanol–water partition coefficient (Wildman–Crippen LogP) is 6.04. The molecule has 2 aliphatic heterocycles. The van der Waals surface area contributed by atoms with E-state index in [4.69, 9.17) is 9.97 Å².